The summed E-state index contributed by atoms with van der Waals surface area (Å²) in [6.45, 7) is 4.47. The van der Waals surface area contributed by atoms with Gasteiger partial charge in [-0.05, 0) is 42.3 Å². The van der Waals surface area contributed by atoms with Crippen molar-refractivity contribution in [3.8, 4) is 0 Å². The maximum Gasteiger partial charge on any atom is 0.282 e. The topological polar surface area (TPSA) is 56.8 Å². The molecule has 1 saturated heterocycles. The first-order valence-corrected chi connectivity index (χ1v) is 11.3. The molecule has 5 rings (SSSR count). The monoisotopic (exact) mass is 458 g/mol. The van der Waals surface area contributed by atoms with Crippen LogP contribution in [0.25, 0.3) is 5.57 Å². The van der Waals surface area contributed by atoms with Gasteiger partial charge in [-0.15, -0.1) is 0 Å². The average molecular weight is 459 g/mol. The molecule has 2 aromatic carbocycles. The predicted molar refractivity (Wildman–Crippen MR) is 130 cm³/mol. The SMILES string of the molecule is Cc1c(Cl)cccc1N1C(=O)C(c2ccccc2)=C(N2CCN(c3ccccn3)CC2)C1=O. The molecule has 6 nitrogen and oxygen atoms in total. The summed E-state index contributed by atoms with van der Waals surface area (Å²) in [7, 11) is 0. The van der Waals surface area contributed by atoms with Crippen LogP contribution in [0.2, 0.25) is 5.02 Å². The highest BCUT2D eigenvalue weighted by molar-refractivity contribution is 6.46. The lowest BCUT2D eigenvalue weighted by molar-refractivity contribution is -0.120. The molecule has 0 saturated carbocycles. The quantitative estimate of drug-likeness (QED) is 0.550. The van der Waals surface area contributed by atoms with Gasteiger partial charge in [0.25, 0.3) is 11.8 Å². The van der Waals surface area contributed by atoms with Crippen molar-refractivity contribution in [2.45, 2.75) is 6.92 Å². The van der Waals surface area contributed by atoms with E-state index in [2.05, 4.69) is 9.88 Å². The Bertz CT molecular complexity index is 1240. The molecule has 0 atom stereocenters. The maximum atomic E-state index is 13.8. The number of benzene rings is 2. The zero-order valence-electron chi connectivity index (χ0n) is 18.2. The number of halogens is 1. The number of nitrogens with zero attached hydrogens (tertiary/aromatic N) is 4. The minimum atomic E-state index is -0.321. The van der Waals surface area contributed by atoms with Gasteiger partial charge in [-0.3, -0.25) is 9.59 Å². The number of carbonyl (C=O) groups is 2. The van der Waals surface area contributed by atoms with E-state index in [1.54, 1.807) is 24.4 Å². The van der Waals surface area contributed by atoms with Gasteiger partial charge in [0.15, 0.2) is 0 Å². The lowest BCUT2D eigenvalue weighted by Gasteiger charge is -2.37. The molecule has 0 unspecified atom stereocenters. The van der Waals surface area contributed by atoms with E-state index in [1.807, 2.05) is 60.4 Å². The Labute approximate surface area is 197 Å². The molecule has 2 aliphatic rings. The van der Waals surface area contributed by atoms with E-state index in [0.717, 1.165) is 11.4 Å². The fourth-order valence-electron chi connectivity index (χ4n) is 4.43. The van der Waals surface area contributed by atoms with Crippen LogP contribution in [0.15, 0.2) is 78.6 Å². The molecule has 166 valence electrons. The van der Waals surface area contributed by atoms with Gasteiger partial charge in [0.05, 0.1) is 11.3 Å². The Morgan fingerprint density at radius 3 is 2.18 bits per heavy atom. The second kappa shape index (κ2) is 8.71. The molecule has 1 aromatic heterocycles. The van der Waals surface area contributed by atoms with Crippen LogP contribution < -0.4 is 9.80 Å². The van der Waals surface area contributed by atoms with Crippen molar-refractivity contribution in [2.75, 3.05) is 36.0 Å². The van der Waals surface area contributed by atoms with Gasteiger partial charge in [0.2, 0.25) is 0 Å². The summed E-state index contributed by atoms with van der Waals surface area (Å²) in [4.78, 5) is 37.4. The van der Waals surface area contributed by atoms with E-state index >= 15 is 0 Å². The summed E-state index contributed by atoms with van der Waals surface area (Å²) in [5.74, 6) is 0.286. The fourth-order valence-corrected chi connectivity index (χ4v) is 4.60. The van der Waals surface area contributed by atoms with Crippen molar-refractivity contribution in [1.82, 2.24) is 9.88 Å². The molecule has 0 aliphatic carbocycles. The zero-order chi connectivity index (χ0) is 22.9. The summed E-state index contributed by atoms with van der Waals surface area (Å²) < 4.78 is 0. The first-order chi connectivity index (χ1) is 16.1. The first-order valence-electron chi connectivity index (χ1n) is 10.9. The molecule has 2 aliphatic heterocycles. The van der Waals surface area contributed by atoms with Crippen LogP contribution in [0.1, 0.15) is 11.1 Å². The van der Waals surface area contributed by atoms with E-state index < -0.39 is 0 Å². The molecule has 0 spiro atoms. The summed E-state index contributed by atoms with van der Waals surface area (Å²) in [6.07, 6.45) is 1.78. The molecule has 0 radical (unpaired) electrons. The normalized spacial score (nSPS) is 16.7. The van der Waals surface area contributed by atoms with Gasteiger partial charge in [-0.25, -0.2) is 9.88 Å². The molecule has 0 N–H and O–H groups in total. The number of carbonyl (C=O) groups excluding carboxylic acids is 2. The van der Waals surface area contributed by atoms with E-state index in [0.29, 0.717) is 53.7 Å². The maximum absolute atomic E-state index is 13.8. The molecule has 1 fully saturated rings. The molecule has 33 heavy (non-hydrogen) atoms. The lowest BCUT2D eigenvalue weighted by atomic mass is 10.0. The van der Waals surface area contributed by atoms with Gasteiger partial charge >= 0.3 is 0 Å². The number of hydrogen-bond acceptors (Lipinski definition) is 5. The van der Waals surface area contributed by atoms with E-state index in [-0.39, 0.29) is 11.8 Å². The molecule has 3 heterocycles. The standard InChI is InChI=1S/C26H23ClN4O2/c1-18-20(27)10-7-11-21(18)31-25(32)23(19-8-3-2-4-9-19)24(26(31)33)30-16-14-29(15-17-30)22-12-5-6-13-28-22/h2-13H,14-17H2,1H3. The Kier molecular flexibility index (Phi) is 5.60. The van der Waals surface area contributed by atoms with Crippen molar-refractivity contribution >= 4 is 40.5 Å². The van der Waals surface area contributed by atoms with Crippen molar-refractivity contribution in [3.05, 3.63) is 94.8 Å². The van der Waals surface area contributed by atoms with Crippen LogP contribution in [-0.4, -0.2) is 47.9 Å². The second-order valence-electron chi connectivity index (χ2n) is 8.08. The van der Waals surface area contributed by atoms with E-state index in [9.17, 15) is 9.59 Å². The minimum absolute atomic E-state index is 0.310. The van der Waals surface area contributed by atoms with Crippen molar-refractivity contribution in [2.24, 2.45) is 0 Å². The summed E-state index contributed by atoms with van der Waals surface area (Å²) in [5.41, 5.74) is 2.85. The minimum Gasteiger partial charge on any atom is -0.363 e. The van der Waals surface area contributed by atoms with Crippen LogP contribution >= 0.6 is 11.6 Å². The predicted octanol–water partition coefficient (Wildman–Crippen LogP) is 4.15. The largest absolute Gasteiger partial charge is 0.363 e. The van der Waals surface area contributed by atoms with Crippen LogP contribution in [0.3, 0.4) is 0 Å². The molecule has 2 amide bonds. The molecular formula is C26H23ClN4O2. The number of imide groups is 1. The summed E-state index contributed by atoms with van der Waals surface area (Å²) in [6, 6.07) is 20.5. The smallest absolute Gasteiger partial charge is 0.282 e. The zero-order valence-corrected chi connectivity index (χ0v) is 19.0. The first kappa shape index (κ1) is 21.2. The fraction of sp³-hybridized carbons (Fsp3) is 0.192. The molecule has 7 heteroatoms. The molecule has 3 aromatic rings. The molecule has 0 bridgehead atoms. The highest BCUT2D eigenvalue weighted by Crippen LogP contribution is 2.37. The van der Waals surface area contributed by atoms with Crippen LogP contribution in [0.4, 0.5) is 11.5 Å². The Balaban J connectivity index is 1.52. The molecular weight excluding hydrogens is 436 g/mol. The van der Waals surface area contributed by atoms with Gasteiger partial charge in [0, 0.05) is 37.4 Å². The van der Waals surface area contributed by atoms with Crippen molar-refractivity contribution < 1.29 is 9.59 Å². The highest BCUT2D eigenvalue weighted by atomic mass is 35.5. The third-order valence-electron chi connectivity index (χ3n) is 6.17. The van der Waals surface area contributed by atoms with Gasteiger partial charge in [-0.2, -0.15) is 0 Å². The van der Waals surface area contributed by atoms with E-state index in [1.165, 1.54) is 4.90 Å². The van der Waals surface area contributed by atoms with Gasteiger partial charge in [-0.1, -0.05) is 54.1 Å². The van der Waals surface area contributed by atoms with E-state index in [4.69, 9.17) is 11.6 Å². The second-order valence-corrected chi connectivity index (χ2v) is 8.49. The highest BCUT2D eigenvalue weighted by Gasteiger charge is 2.43. The number of pyridine rings is 1. The third kappa shape index (κ3) is 3.76. The van der Waals surface area contributed by atoms with Gasteiger partial charge < -0.3 is 9.80 Å². The number of piperazine rings is 1. The number of aromatic nitrogens is 1. The Morgan fingerprint density at radius 2 is 1.48 bits per heavy atom. The van der Waals surface area contributed by atoms with Crippen molar-refractivity contribution in [3.63, 3.8) is 0 Å². The number of amides is 2. The number of hydrogen-bond donors (Lipinski definition) is 0. The Hall–Kier alpha value is -3.64. The number of anilines is 2. The van der Waals surface area contributed by atoms with Crippen LogP contribution in [0, 0.1) is 6.92 Å². The summed E-state index contributed by atoms with van der Waals surface area (Å²) >= 11 is 6.32. The Morgan fingerprint density at radius 1 is 0.788 bits per heavy atom. The summed E-state index contributed by atoms with van der Waals surface area (Å²) in [5, 5.41) is 0.520. The lowest BCUT2D eigenvalue weighted by Crippen LogP contribution is -2.48. The van der Waals surface area contributed by atoms with Crippen LogP contribution in [-0.2, 0) is 9.59 Å². The third-order valence-corrected chi connectivity index (χ3v) is 6.58. The van der Waals surface area contributed by atoms with Crippen molar-refractivity contribution in [1.29, 1.82) is 0 Å². The van der Waals surface area contributed by atoms with Gasteiger partial charge in [0.1, 0.15) is 11.5 Å². The average Bonchev–Trinajstić information content (AvgIpc) is 3.12. The number of rotatable bonds is 4. The van der Waals surface area contributed by atoms with Crippen LogP contribution in [0.5, 0.6) is 0 Å².